The van der Waals surface area contributed by atoms with Crippen molar-refractivity contribution in [3.05, 3.63) is 42.0 Å². The fourth-order valence-electron chi connectivity index (χ4n) is 3.32. The van der Waals surface area contributed by atoms with Crippen molar-refractivity contribution >= 4 is 11.8 Å². The maximum atomic E-state index is 13.4. The number of nitrogens with one attached hydrogen (secondary N) is 2. The molecule has 7 nitrogen and oxygen atoms in total. The van der Waals surface area contributed by atoms with Crippen molar-refractivity contribution in [1.29, 1.82) is 0 Å². The van der Waals surface area contributed by atoms with Crippen LogP contribution in [0.2, 0.25) is 0 Å². The number of benzene rings is 1. The first-order valence-electron chi connectivity index (χ1n) is 8.39. The van der Waals surface area contributed by atoms with Gasteiger partial charge in [0.05, 0.1) is 24.0 Å². The van der Waals surface area contributed by atoms with Crippen molar-refractivity contribution in [3.8, 4) is 5.69 Å². The molecule has 2 aromatic rings. The van der Waals surface area contributed by atoms with E-state index in [0.29, 0.717) is 24.4 Å². The van der Waals surface area contributed by atoms with Crippen LogP contribution in [0.3, 0.4) is 0 Å². The molecule has 0 radical (unpaired) electrons. The van der Waals surface area contributed by atoms with Crippen LogP contribution in [0.5, 0.6) is 0 Å². The van der Waals surface area contributed by atoms with E-state index in [4.69, 9.17) is 0 Å². The summed E-state index contributed by atoms with van der Waals surface area (Å²) < 4.78 is 14.8. The van der Waals surface area contributed by atoms with Gasteiger partial charge in [0.25, 0.3) is 5.91 Å². The van der Waals surface area contributed by atoms with E-state index in [-0.39, 0.29) is 29.6 Å². The van der Waals surface area contributed by atoms with E-state index in [1.165, 1.54) is 23.0 Å². The van der Waals surface area contributed by atoms with Gasteiger partial charge in [-0.25, -0.2) is 9.07 Å². The lowest BCUT2D eigenvalue weighted by Gasteiger charge is -2.33. The van der Waals surface area contributed by atoms with Gasteiger partial charge in [0, 0.05) is 6.42 Å². The SMILES string of the molecule is O=C1CC[C@@H](NC(=O)c2cnnn2-c2cccc(F)c2)[C@H](C2CC2)N1. The van der Waals surface area contributed by atoms with Crippen molar-refractivity contribution in [2.75, 3.05) is 0 Å². The summed E-state index contributed by atoms with van der Waals surface area (Å²) in [7, 11) is 0. The molecule has 1 saturated heterocycles. The molecule has 1 saturated carbocycles. The maximum absolute atomic E-state index is 13.4. The fraction of sp³-hybridized carbons (Fsp3) is 0.412. The van der Waals surface area contributed by atoms with Crippen LogP contribution in [-0.2, 0) is 4.79 Å². The molecule has 2 aliphatic rings. The highest BCUT2D eigenvalue weighted by atomic mass is 19.1. The van der Waals surface area contributed by atoms with Gasteiger partial charge in [-0.2, -0.15) is 0 Å². The van der Waals surface area contributed by atoms with Gasteiger partial charge in [0.1, 0.15) is 5.82 Å². The molecule has 8 heteroatoms. The highest BCUT2D eigenvalue weighted by molar-refractivity contribution is 5.93. The van der Waals surface area contributed by atoms with Crippen molar-refractivity contribution in [2.24, 2.45) is 5.92 Å². The predicted molar refractivity (Wildman–Crippen MR) is 86.5 cm³/mol. The summed E-state index contributed by atoms with van der Waals surface area (Å²) in [6, 6.07) is 5.68. The number of carbonyl (C=O) groups is 2. The molecule has 130 valence electrons. The largest absolute Gasteiger partial charge is 0.351 e. The molecule has 0 unspecified atom stereocenters. The third-order valence-corrected chi connectivity index (χ3v) is 4.72. The second-order valence-electron chi connectivity index (χ2n) is 6.56. The Labute approximate surface area is 143 Å². The Morgan fingerprint density at radius 3 is 2.92 bits per heavy atom. The van der Waals surface area contributed by atoms with Crippen molar-refractivity contribution in [2.45, 2.75) is 37.8 Å². The van der Waals surface area contributed by atoms with E-state index >= 15 is 0 Å². The van der Waals surface area contributed by atoms with Gasteiger partial charge < -0.3 is 10.6 Å². The minimum atomic E-state index is -0.414. The highest BCUT2D eigenvalue weighted by Gasteiger charge is 2.40. The molecule has 4 rings (SSSR count). The first-order chi connectivity index (χ1) is 12.1. The van der Waals surface area contributed by atoms with Gasteiger partial charge in [0.2, 0.25) is 5.91 Å². The molecule has 1 aromatic carbocycles. The highest BCUT2D eigenvalue weighted by Crippen LogP contribution is 2.36. The zero-order valence-electron chi connectivity index (χ0n) is 13.5. The van der Waals surface area contributed by atoms with Crippen LogP contribution in [0.25, 0.3) is 5.69 Å². The van der Waals surface area contributed by atoms with Crippen LogP contribution in [0, 0.1) is 11.7 Å². The summed E-state index contributed by atoms with van der Waals surface area (Å²) in [6.45, 7) is 0. The summed E-state index contributed by atoms with van der Waals surface area (Å²) in [6.07, 6.45) is 4.50. The average molecular weight is 343 g/mol. The summed E-state index contributed by atoms with van der Waals surface area (Å²) >= 11 is 0. The number of nitrogens with zero attached hydrogens (tertiary/aromatic N) is 3. The molecule has 0 bridgehead atoms. The third-order valence-electron chi connectivity index (χ3n) is 4.72. The fourth-order valence-corrected chi connectivity index (χ4v) is 3.32. The first kappa shape index (κ1) is 15.7. The van der Waals surface area contributed by atoms with E-state index in [0.717, 1.165) is 12.8 Å². The molecule has 2 N–H and O–H groups in total. The number of rotatable bonds is 4. The minimum absolute atomic E-state index is 0.0244. The van der Waals surface area contributed by atoms with Gasteiger partial charge in [-0.15, -0.1) is 5.10 Å². The third kappa shape index (κ3) is 3.24. The maximum Gasteiger partial charge on any atom is 0.271 e. The van der Waals surface area contributed by atoms with Gasteiger partial charge in [0.15, 0.2) is 5.69 Å². The second kappa shape index (κ2) is 6.27. The molecule has 25 heavy (non-hydrogen) atoms. The van der Waals surface area contributed by atoms with E-state index in [1.54, 1.807) is 12.1 Å². The standard InChI is InChI=1S/C17H18FN5O2/c18-11-2-1-3-12(8-11)23-14(9-19-22-23)17(25)20-13-6-7-15(24)21-16(13)10-4-5-10/h1-3,8-10,13,16H,4-7H2,(H,20,25)(H,21,24)/t13-,16+/m1/s1. The Morgan fingerprint density at radius 1 is 1.32 bits per heavy atom. The first-order valence-corrected chi connectivity index (χ1v) is 8.39. The van der Waals surface area contributed by atoms with Gasteiger partial charge in [-0.3, -0.25) is 9.59 Å². The second-order valence-corrected chi connectivity index (χ2v) is 6.56. The molecule has 2 heterocycles. The zero-order valence-corrected chi connectivity index (χ0v) is 13.5. The van der Waals surface area contributed by atoms with E-state index < -0.39 is 5.82 Å². The van der Waals surface area contributed by atoms with Gasteiger partial charge in [-0.05, 0) is 43.4 Å². The lowest BCUT2D eigenvalue weighted by molar-refractivity contribution is -0.124. The van der Waals surface area contributed by atoms with Crippen molar-refractivity contribution in [3.63, 3.8) is 0 Å². The summed E-state index contributed by atoms with van der Waals surface area (Å²) in [5, 5.41) is 13.7. The van der Waals surface area contributed by atoms with Crippen LogP contribution in [-0.4, -0.2) is 38.9 Å². The van der Waals surface area contributed by atoms with Gasteiger partial charge in [-0.1, -0.05) is 11.3 Å². The Balaban J connectivity index is 1.54. The molecule has 2 atom stereocenters. The number of aromatic nitrogens is 3. The monoisotopic (exact) mass is 343 g/mol. The molecule has 1 aromatic heterocycles. The lowest BCUT2D eigenvalue weighted by atomic mass is 9.94. The number of hydrogen-bond donors (Lipinski definition) is 2. The molecule has 1 aliphatic heterocycles. The van der Waals surface area contributed by atoms with Crippen LogP contribution in [0.1, 0.15) is 36.2 Å². The molecule has 1 aliphatic carbocycles. The summed E-state index contributed by atoms with van der Waals surface area (Å²) in [4.78, 5) is 24.4. The Bertz CT molecular complexity index is 817. The number of carbonyl (C=O) groups excluding carboxylic acids is 2. The molecule has 2 fully saturated rings. The zero-order chi connectivity index (χ0) is 17.4. The quantitative estimate of drug-likeness (QED) is 0.873. The normalized spacial score (nSPS) is 23.2. The van der Waals surface area contributed by atoms with Crippen molar-refractivity contribution in [1.82, 2.24) is 25.6 Å². The van der Waals surface area contributed by atoms with Crippen LogP contribution in [0.4, 0.5) is 4.39 Å². The smallest absolute Gasteiger partial charge is 0.271 e. The Morgan fingerprint density at radius 2 is 2.16 bits per heavy atom. The van der Waals surface area contributed by atoms with E-state index in [2.05, 4.69) is 20.9 Å². The summed E-state index contributed by atoms with van der Waals surface area (Å²) in [5.74, 6) is -0.279. The van der Waals surface area contributed by atoms with Crippen LogP contribution >= 0.6 is 0 Å². The van der Waals surface area contributed by atoms with E-state index in [1.807, 2.05) is 0 Å². The number of halogens is 1. The van der Waals surface area contributed by atoms with Crippen molar-refractivity contribution < 1.29 is 14.0 Å². The summed E-state index contributed by atoms with van der Waals surface area (Å²) in [5.41, 5.74) is 0.662. The Kier molecular flexibility index (Phi) is 3.95. The van der Waals surface area contributed by atoms with Gasteiger partial charge >= 0.3 is 0 Å². The number of hydrogen-bond acceptors (Lipinski definition) is 4. The number of amides is 2. The molecular weight excluding hydrogens is 325 g/mol. The molecule has 0 spiro atoms. The Hall–Kier alpha value is -2.77. The molecular formula is C17H18FN5O2. The topological polar surface area (TPSA) is 88.9 Å². The predicted octanol–water partition coefficient (Wildman–Crippen LogP) is 1.19. The van der Waals surface area contributed by atoms with E-state index in [9.17, 15) is 14.0 Å². The number of piperidine rings is 1. The average Bonchev–Trinajstić information content (AvgIpc) is 3.32. The van der Waals surface area contributed by atoms with Crippen LogP contribution < -0.4 is 10.6 Å². The lowest BCUT2D eigenvalue weighted by Crippen LogP contribution is -2.56. The van der Waals surface area contributed by atoms with Crippen LogP contribution in [0.15, 0.2) is 30.5 Å². The molecule has 2 amide bonds. The minimum Gasteiger partial charge on any atom is -0.351 e.